The lowest BCUT2D eigenvalue weighted by molar-refractivity contribution is -0.204. The SMILES string of the molecule is CN1C(N)c2ccc(-c3c(N4CCN(Cc5ccccc5)CC4)cccc3C(F)(F)F)nc2N(OC(=O)C(F)(F)F)C1N. The molecule has 9 nitrogen and oxygen atoms in total. The number of alkyl halides is 6. The van der Waals surface area contributed by atoms with Gasteiger partial charge in [0.2, 0.25) is 0 Å². The van der Waals surface area contributed by atoms with E-state index in [4.69, 9.17) is 11.5 Å². The quantitative estimate of drug-likeness (QED) is 0.415. The second kappa shape index (κ2) is 11.6. The lowest BCUT2D eigenvalue weighted by atomic mass is 9.98. The Hall–Kier alpha value is -3.92. The maximum atomic E-state index is 14.4. The lowest BCUT2D eigenvalue weighted by Gasteiger charge is -2.42. The number of aromatic nitrogens is 1. The van der Waals surface area contributed by atoms with Gasteiger partial charge in [0, 0.05) is 49.5 Å². The highest BCUT2D eigenvalue weighted by Crippen LogP contribution is 2.44. The van der Waals surface area contributed by atoms with E-state index >= 15 is 0 Å². The third-order valence-corrected chi connectivity index (χ3v) is 7.51. The average molecular weight is 610 g/mol. The number of benzene rings is 2. The summed E-state index contributed by atoms with van der Waals surface area (Å²) in [6.45, 7) is 2.70. The lowest BCUT2D eigenvalue weighted by Crippen LogP contribution is -2.60. The smallest absolute Gasteiger partial charge is 0.368 e. The van der Waals surface area contributed by atoms with Crippen LogP contribution >= 0.6 is 0 Å². The average Bonchev–Trinajstić information content (AvgIpc) is 2.97. The molecule has 0 saturated carbocycles. The molecule has 1 fully saturated rings. The van der Waals surface area contributed by atoms with Gasteiger partial charge in [-0.2, -0.15) is 31.4 Å². The van der Waals surface area contributed by atoms with E-state index in [9.17, 15) is 31.1 Å². The molecular weight excluding hydrogens is 580 g/mol. The summed E-state index contributed by atoms with van der Waals surface area (Å²) in [5.74, 6) is -2.97. The number of hydroxylamine groups is 1. The Kier molecular flexibility index (Phi) is 8.26. The molecular formula is C28H29F6N7O2. The van der Waals surface area contributed by atoms with E-state index in [0.29, 0.717) is 37.8 Å². The van der Waals surface area contributed by atoms with Gasteiger partial charge in [-0.05, 0) is 30.8 Å². The van der Waals surface area contributed by atoms with Crippen LogP contribution in [0.2, 0.25) is 0 Å². The number of pyridine rings is 1. The van der Waals surface area contributed by atoms with Gasteiger partial charge in [-0.25, -0.2) is 9.78 Å². The minimum Gasteiger partial charge on any atom is -0.368 e. The standard InChI is InChI=1S/C28H29F6N7O2/c1-38-23(35)18-10-11-20(37-24(18)41(26(38)36)43-25(42)28(32,33)34)22-19(27(29,30)31)8-5-9-21(22)40-14-12-39(13-15-40)16-17-6-3-2-4-7-17/h2-11,23,26H,12-16,35-36H2,1H3. The largest absolute Gasteiger partial charge is 0.493 e. The van der Waals surface area contributed by atoms with E-state index in [1.807, 2.05) is 35.2 Å². The highest BCUT2D eigenvalue weighted by atomic mass is 19.4. The van der Waals surface area contributed by atoms with Gasteiger partial charge in [0.15, 0.2) is 12.1 Å². The molecule has 2 atom stereocenters. The summed E-state index contributed by atoms with van der Waals surface area (Å²) in [5.41, 5.74) is 12.2. The van der Waals surface area contributed by atoms with E-state index in [0.717, 1.165) is 11.6 Å². The maximum absolute atomic E-state index is 14.4. The summed E-state index contributed by atoms with van der Waals surface area (Å²) in [5, 5.41) is 0.413. The van der Waals surface area contributed by atoms with Gasteiger partial charge in [0.25, 0.3) is 0 Å². The summed E-state index contributed by atoms with van der Waals surface area (Å²) in [4.78, 5) is 25.8. The van der Waals surface area contributed by atoms with Crippen molar-refractivity contribution in [3.05, 3.63) is 77.4 Å². The number of halogens is 6. The number of nitrogens with two attached hydrogens (primary N) is 2. The molecule has 43 heavy (non-hydrogen) atoms. The highest BCUT2D eigenvalue weighted by molar-refractivity contribution is 5.82. The summed E-state index contributed by atoms with van der Waals surface area (Å²) in [6.07, 6.45) is -12.7. The predicted octanol–water partition coefficient (Wildman–Crippen LogP) is 4.06. The Labute approximate surface area is 243 Å². The summed E-state index contributed by atoms with van der Waals surface area (Å²) in [6, 6.07) is 16.2. The summed E-state index contributed by atoms with van der Waals surface area (Å²) >= 11 is 0. The molecule has 1 aromatic heterocycles. The highest BCUT2D eigenvalue weighted by Gasteiger charge is 2.46. The molecule has 4 N–H and O–H groups in total. The number of hydrogen-bond acceptors (Lipinski definition) is 9. The fourth-order valence-corrected chi connectivity index (χ4v) is 5.22. The van der Waals surface area contributed by atoms with Gasteiger partial charge in [0.05, 0.1) is 17.4 Å². The van der Waals surface area contributed by atoms with E-state index in [1.54, 1.807) is 6.07 Å². The van der Waals surface area contributed by atoms with Crippen LogP contribution in [-0.4, -0.2) is 66.4 Å². The van der Waals surface area contributed by atoms with Crippen molar-refractivity contribution in [2.24, 2.45) is 11.5 Å². The summed E-state index contributed by atoms with van der Waals surface area (Å²) < 4.78 is 82.4. The molecule has 2 unspecified atom stereocenters. The molecule has 230 valence electrons. The molecule has 1 saturated heterocycles. The first-order chi connectivity index (χ1) is 20.3. The zero-order valence-electron chi connectivity index (χ0n) is 22.9. The van der Waals surface area contributed by atoms with Crippen LogP contribution in [0.4, 0.5) is 37.8 Å². The van der Waals surface area contributed by atoms with Crippen LogP contribution in [0.25, 0.3) is 11.3 Å². The second-order valence-corrected chi connectivity index (χ2v) is 10.3. The van der Waals surface area contributed by atoms with Gasteiger partial charge >= 0.3 is 18.3 Å². The number of carbonyl (C=O) groups excluding carboxylic acids is 1. The number of fused-ring (bicyclic) bond motifs is 1. The fraction of sp³-hybridized carbons (Fsp3) is 0.357. The molecule has 0 aliphatic carbocycles. The minimum absolute atomic E-state index is 0.100. The number of carbonyl (C=O) groups is 1. The third-order valence-electron chi connectivity index (χ3n) is 7.51. The van der Waals surface area contributed by atoms with Crippen molar-refractivity contribution in [3.8, 4) is 11.3 Å². The Morgan fingerprint density at radius 1 is 0.930 bits per heavy atom. The fourth-order valence-electron chi connectivity index (χ4n) is 5.22. The Morgan fingerprint density at radius 2 is 1.60 bits per heavy atom. The molecule has 0 spiro atoms. The molecule has 15 heteroatoms. The van der Waals surface area contributed by atoms with Crippen molar-refractivity contribution in [1.82, 2.24) is 14.8 Å². The van der Waals surface area contributed by atoms with Crippen LogP contribution in [0, 0.1) is 0 Å². The van der Waals surface area contributed by atoms with Crippen molar-refractivity contribution in [2.45, 2.75) is 31.4 Å². The second-order valence-electron chi connectivity index (χ2n) is 10.3. The zero-order valence-corrected chi connectivity index (χ0v) is 22.9. The van der Waals surface area contributed by atoms with Gasteiger partial charge in [0.1, 0.15) is 0 Å². The first-order valence-corrected chi connectivity index (χ1v) is 13.3. The van der Waals surface area contributed by atoms with Crippen LogP contribution in [0.3, 0.4) is 0 Å². The monoisotopic (exact) mass is 609 g/mol. The molecule has 2 aliphatic heterocycles. The van der Waals surface area contributed by atoms with Crippen molar-refractivity contribution in [2.75, 3.05) is 43.2 Å². The molecule has 2 aliphatic rings. The van der Waals surface area contributed by atoms with Crippen LogP contribution in [0.5, 0.6) is 0 Å². The zero-order chi connectivity index (χ0) is 31.1. The molecule has 5 rings (SSSR count). The molecule has 3 aromatic rings. The van der Waals surface area contributed by atoms with Crippen molar-refractivity contribution < 1.29 is 36.0 Å². The van der Waals surface area contributed by atoms with E-state index in [2.05, 4.69) is 14.7 Å². The topological polar surface area (TPSA) is 104 Å². The molecule has 0 bridgehead atoms. The normalized spacial score (nSPS) is 20.2. The Bertz CT molecular complexity index is 1460. The first kappa shape index (κ1) is 30.5. The van der Waals surface area contributed by atoms with Crippen LogP contribution in [0.15, 0.2) is 60.7 Å². The summed E-state index contributed by atoms with van der Waals surface area (Å²) in [7, 11) is 1.38. The number of rotatable bonds is 5. The van der Waals surface area contributed by atoms with Crippen LogP contribution < -0.4 is 21.4 Å². The predicted molar refractivity (Wildman–Crippen MR) is 146 cm³/mol. The van der Waals surface area contributed by atoms with Crippen molar-refractivity contribution >= 4 is 17.5 Å². The number of nitrogens with zero attached hydrogens (tertiary/aromatic N) is 5. The first-order valence-electron chi connectivity index (χ1n) is 13.3. The van der Waals surface area contributed by atoms with Crippen LogP contribution in [-0.2, 0) is 22.4 Å². The van der Waals surface area contributed by atoms with E-state index < -0.39 is 42.2 Å². The van der Waals surface area contributed by atoms with E-state index in [-0.39, 0.29) is 22.5 Å². The minimum atomic E-state index is -5.37. The number of anilines is 2. The maximum Gasteiger partial charge on any atom is 0.493 e. The molecule has 0 amide bonds. The van der Waals surface area contributed by atoms with Crippen LogP contribution in [0.1, 0.15) is 22.9 Å². The Balaban J connectivity index is 1.53. The third kappa shape index (κ3) is 6.25. The molecule has 2 aromatic carbocycles. The number of piperazine rings is 1. The molecule has 0 radical (unpaired) electrons. The Morgan fingerprint density at radius 3 is 2.23 bits per heavy atom. The van der Waals surface area contributed by atoms with Gasteiger partial charge < -0.3 is 15.5 Å². The van der Waals surface area contributed by atoms with Crippen molar-refractivity contribution in [1.29, 1.82) is 0 Å². The molecule has 3 heterocycles. The van der Waals surface area contributed by atoms with Gasteiger partial charge in [-0.3, -0.25) is 15.5 Å². The van der Waals surface area contributed by atoms with Crippen molar-refractivity contribution in [3.63, 3.8) is 0 Å². The number of hydrogen-bond donors (Lipinski definition) is 2. The van der Waals surface area contributed by atoms with Gasteiger partial charge in [-0.15, -0.1) is 0 Å². The van der Waals surface area contributed by atoms with Gasteiger partial charge in [-0.1, -0.05) is 42.5 Å². The van der Waals surface area contributed by atoms with E-state index in [1.165, 1.54) is 30.1 Å².